The first kappa shape index (κ1) is 21.3. The van der Waals surface area contributed by atoms with Gasteiger partial charge in [-0.1, -0.05) is 11.2 Å². The van der Waals surface area contributed by atoms with Crippen molar-refractivity contribution >= 4 is 40.4 Å². The molecule has 1 unspecified atom stereocenters. The molecule has 1 aliphatic heterocycles. The molecule has 10 heteroatoms. The van der Waals surface area contributed by atoms with Crippen LogP contribution in [0.1, 0.15) is 50.7 Å². The highest BCUT2D eigenvalue weighted by Crippen LogP contribution is 2.30. The van der Waals surface area contributed by atoms with E-state index < -0.39 is 11.9 Å². The maximum absolute atomic E-state index is 14.5. The average molecular weight is 468 g/mol. The Morgan fingerprint density at radius 1 is 1.24 bits per heavy atom. The van der Waals surface area contributed by atoms with Crippen LogP contribution < -0.4 is 16.1 Å². The molecule has 0 saturated carbocycles. The Hall–Kier alpha value is -3.53. The van der Waals surface area contributed by atoms with Gasteiger partial charge in [0.25, 0.3) is 11.8 Å². The van der Waals surface area contributed by atoms with Crippen LogP contribution in [0.2, 0.25) is 0 Å². The van der Waals surface area contributed by atoms with Gasteiger partial charge in [0, 0.05) is 22.9 Å². The smallest absolute Gasteiger partial charge is 0.265 e. The van der Waals surface area contributed by atoms with Crippen LogP contribution >= 0.6 is 11.3 Å². The Bertz CT molecular complexity index is 1240. The number of anilines is 2. The van der Waals surface area contributed by atoms with E-state index >= 15 is 0 Å². The Balaban J connectivity index is 1.33. The summed E-state index contributed by atoms with van der Waals surface area (Å²) >= 11 is 1.48. The van der Waals surface area contributed by atoms with E-state index in [1.54, 1.807) is 19.1 Å². The molecule has 2 aliphatic rings. The van der Waals surface area contributed by atoms with Crippen LogP contribution in [0.5, 0.6) is 0 Å². The molecule has 2 aromatic heterocycles. The first-order chi connectivity index (χ1) is 16.0. The van der Waals surface area contributed by atoms with Gasteiger partial charge in [-0.15, -0.1) is 11.3 Å². The van der Waals surface area contributed by atoms with Gasteiger partial charge < -0.3 is 15.2 Å². The van der Waals surface area contributed by atoms with E-state index in [-0.39, 0.29) is 23.9 Å². The summed E-state index contributed by atoms with van der Waals surface area (Å²) in [5.74, 6) is -0.115. The molecule has 170 valence electrons. The maximum Gasteiger partial charge on any atom is 0.265 e. The summed E-state index contributed by atoms with van der Waals surface area (Å²) in [7, 11) is 0. The maximum atomic E-state index is 14.5. The largest absolute Gasteiger partial charge is 0.360 e. The van der Waals surface area contributed by atoms with Crippen LogP contribution in [0.15, 0.2) is 40.0 Å². The molecular formula is C23H22FN5O3S. The van der Waals surface area contributed by atoms with Gasteiger partial charge >= 0.3 is 0 Å². The number of hydrazone groups is 1. The van der Waals surface area contributed by atoms with Crippen molar-refractivity contribution in [2.24, 2.45) is 5.10 Å². The lowest BCUT2D eigenvalue weighted by Gasteiger charge is -2.22. The molecule has 1 aromatic carbocycles. The number of fused-ring (bicyclic) bond motifs is 1. The van der Waals surface area contributed by atoms with E-state index in [1.807, 2.05) is 6.07 Å². The van der Waals surface area contributed by atoms with Crippen molar-refractivity contribution in [3.05, 3.63) is 62.8 Å². The van der Waals surface area contributed by atoms with Crippen LogP contribution in [0.25, 0.3) is 0 Å². The van der Waals surface area contributed by atoms with Gasteiger partial charge in [-0.25, -0.2) is 9.82 Å². The number of thiophene rings is 1. The second kappa shape index (κ2) is 8.78. The highest BCUT2D eigenvalue weighted by Gasteiger charge is 2.27. The molecule has 0 saturated heterocycles. The third-order valence-electron chi connectivity index (χ3n) is 5.73. The van der Waals surface area contributed by atoms with Gasteiger partial charge in [0.05, 0.1) is 16.3 Å². The molecule has 2 amide bonds. The van der Waals surface area contributed by atoms with Crippen LogP contribution in [-0.4, -0.2) is 28.7 Å². The number of carbonyl (C=O) groups excluding carboxylic acids is 2. The van der Waals surface area contributed by atoms with Crippen molar-refractivity contribution in [1.29, 1.82) is 0 Å². The summed E-state index contributed by atoms with van der Waals surface area (Å²) < 4.78 is 19.5. The van der Waals surface area contributed by atoms with E-state index in [2.05, 4.69) is 26.3 Å². The van der Waals surface area contributed by atoms with Crippen molar-refractivity contribution < 1.29 is 18.5 Å². The van der Waals surface area contributed by atoms with E-state index in [4.69, 9.17) is 4.52 Å². The fraction of sp³-hybridized carbons (Fsp3) is 0.304. The van der Waals surface area contributed by atoms with Crippen molar-refractivity contribution in [3.8, 4) is 0 Å². The number of rotatable bonds is 5. The quantitative estimate of drug-likeness (QED) is 0.525. The number of aryl methyl sites for hydroxylation is 3. The normalized spacial score (nSPS) is 17.7. The second-order valence-electron chi connectivity index (χ2n) is 8.17. The Kier molecular flexibility index (Phi) is 5.67. The number of halogens is 1. The Labute approximate surface area is 193 Å². The highest BCUT2D eigenvalue weighted by atomic mass is 32.1. The summed E-state index contributed by atoms with van der Waals surface area (Å²) in [6, 6.07) is 7.37. The van der Waals surface area contributed by atoms with Gasteiger partial charge in [-0.05, 0) is 56.4 Å². The van der Waals surface area contributed by atoms with Crippen molar-refractivity contribution in [3.63, 3.8) is 0 Å². The summed E-state index contributed by atoms with van der Waals surface area (Å²) in [4.78, 5) is 26.9. The van der Waals surface area contributed by atoms with Crippen molar-refractivity contribution in [2.75, 3.05) is 10.6 Å². The molecule has 3 aromatic rings. The molecule has 3 heterocycles. The summed E-state index contributed by atoms with van der Waals surface area (Å²) in [5, 5.41) is 13.7. The third kappa shape index (κ3) is 4.51. The number of amides is 2. The minimum Gasteiger partial charge on any atom is -0.360 e. The average Bonchev–Trinajstić information content (AvgIpc) is 3.43. The first-order valence-corrected chi connectivity index (χ1v) is 11.6. The van der Waals surface area contributed by atoms with Crippen molar-refractivity contribution in [2.45, 2.75) is 45.1 Å². The fourth-order valence-corrected chi connectivity index (χ4v) is 5.18. The molecule has 0 fully saturated rings. The molecule has 5 rings (SSSR count). The van der Waals surface area contributed by atoms with E-state index in [9.17, 15) is 14.0 Å². The van der Waals surface area contributed by atoms with Crippen LogP contribution in [0, 0.1) is 12.7 Å². The number of nitrogens with one attached hydrogen (secondary N) is 3. The zero-order chi connectivity index (χ0) is 22.9. The lowest BCUT2D eigenvalue weighted by Crippen LogP contribution is -2.43. The Morgan fingerprint density at radius 2 is 2.09 bits per heavy atom. The fourth-order valence-electron chi connectivity index (χ4n) is 4.03. The lowest BCUT2D eigenvalue weighted by atomic mass is 9.99. The van der Waals surface area contributed by atoms with Gasteiger partial charge in [0.15, 0.2) is 5.82 Å². The molecule has 1 aliphatic carbocycles. The summed E-state index contributed by atoms with van der Waals surface area (Å²) in [6.45, 7) is 1.76. The number of carbonyl (C=O) groups is 2. The lowest BCUT2D eigenvalue weighted by molar-refractivity contribution is -0.122. The van der Waals surface area contributed by atoms with E-state index in [0.29, 0.717) is 27.7 Å². The zero-order valence-corrected chi connectivity index (χ0v) is 18.7. The minimum absolute atomic E-state index is 0.0695. The predicted octanol–water partition coefficient (Wildman–Crippen LogP) is 4.02. The van der Waals surface area contributed by atoms with Gasteiger partial charge in [-0.3, -0.25) is 9.59 Å². The monoisotopic (exact) mass is 467 g/mol. The molecule has 33 heavy (non-hydrogen) atoms. The molecule has 0 radical (unpaired) electrons. The zero-order valence-electron chi connectivity index (χ0n) is 17.9. The van der Waals surface area contributed by atoms with Crippen LogP contribution in [0.3, 0.4) is 0 Å². The van der Waals surface area contributed by atoms with Gasteiger partial charge in [0.2, 0.25) is 0 Å². The van der Waals surface area contributed by atoms with Crippen LogP contribution in [0.4, 0.5) is 15.9 Å². The molecule has 8 nitrogen and oxygen atoms in total. The van der Waals surface area contributed by atoms with Crippen LogP contribution in [-0.2, 0) is 17.6 Å². The third-order valence-corrected chi connectivity index (χ3v) is 6.97. The highest BCUT2D eigenvalue weighted by molar-refractivity contribution is 7.14. The topological polar surface area (TPSA) is 109 Å². The number of hydrogen-bond acceptors (Lipinski definition) is 7. The number of nitrogens with zero attached hydrogens (tertiary/aromatic N) is 2. The predicted molar refractivity (Wildman–Crippen MR) is 123 cm³/mol. The summed E-state index contributed by atoms with van der Waals surface area (Å²) in [5.41, 5.74) is 4.92. The molecular weight excluding hydrogens is 445 g/mol. The van der Waals surface area contributed by atoms with E-state index in [0.717, 1.165) is 25.7 Å². The standard InChI is InChI=1S/C23H22FN5O3S/c1-12-8-21(29-32-12)25-18-11-16(27-28-22(18)30)13-6-7-15(24)17(9-13)26-23(31)20-10-14-4-2-3-5-19(14)33-20/h6-10,18H,2-5,11H2,1H3,(H,25,29)(H,26,31)(H,28,30). The molecule has 1 atom stereocenters. The van der Waals surface area contributed by atoms with Gasteiger partial charge in [0.1, 0.15) is 17.6 Å². The molecule has 3 N–H and O–H groups in total. The van der Waals surface area contributed by atoms with Crippen molar-refractivity contribution in [1.82, 2.24) is 10.6 Å². The number of benzene rings is 1. The summed E-state index contributed by atoms with van der Waals surface area (Å²) in [6.07, 6.45) is 4.50. The Morgan fingerprint density at radius 3 is 2.88 bits per heavy atom. The number of aromatic nitrogens is 1. The molecule has 0 bridgehead atoms. The first-order valence-electron chi connectivity index (χ1n) is 10.8. The van der Waals surface area contributed by atoms with E-state index in [1.165, 1.54) is 33.9 Å². The SMILES string of the molecule is Cc1cc(NC2CC(c3ccc(F)c(NC(=O)c4cc5c(s4)CCCC5)c3)=NNC2=O)no1. The minimum atomic E-state index is -0.623. The molecule has 0 spiro atoms. The van der Waals surface area contributed by atoms with Gasteiger partial charge in [-0.2, -0.15) is 5.10 Å². The second-order valence-corrected chi connectivity index (χ2v) is 9.31. The number of hydrogen-bond donors (Lipinski definition) is 3.